The molecule has 0 unspecified atom stereocenters. The molecule has 0 aromatic heterocycles. The summed E-state index contributed by atoms with van der Waals surface area (Å²) in [6.07, 6.45) is 3.88. The maximum absolute atomic E-state index is 6.14. The second-order valence-electron chi connectivity index (χ2n) is 4.41. The minimum Gasteiger partial charge on any atom is -0.489 e. The first-order valence-electron chi connectivity index (χ1n) is 6.05. The van der Waals surface area contributed by atoms with Crippen LogP contribution in [0.2, 0.25) is 0 Å². The lowest BCUT2D eigenvalue weighted by molar-refractivity contribution is 0.158. The van der Waals surface area contributed by atoms with E-state index in [0.29, 0.717) is 6.10 Å². The molecule has 1 aromatic carbocycles. The van der Waals surface area contributed by atoms with Gasteiger partial charge in [-0.2, -0.15) is 0 Å². The average molecular weight is 235 g/mol. The van der Waals surface area contributed by atoms with E-state index in [9.17, 15) is 0 Å². The van der Waals surface area contributed by atoms with Crippen molar-refractivity contribution in [2.24, 2.45) is 0 Å². The van der Waals surface area contributed by atoms with Crippen molar-refractivity contribution in [3.05, 3.63) is 23.8 Å². The molecule has 1 N–H and O–H groups in total. The Morgan fingerprint density at radius 2 is 2.12 bits per heavy atom. The molecule has 0 atom stereocenters. The number of rotatable bonds is 2. The highest BCUT2D eigenvalue weighted by Crippen LogP contribution is 2.39. The molecule has 0 radical (unpaired) electrons. The molecular weight excluding hydrogens is 218 g/mol. The summed E-state index contributed by atoms with van der Waals surface area (Å²) < 4.78 is 6.14. The molecule has 0 bridgehead atoms. The van der Waals surface area contributed by atoms with Crippen molar-refractivity contribution in [2.75, 3.05) is 18.8 Å². The first-order chi connectivity index (χ1) is 7.93. The Morgan fingerprint density at radius 1 is 1.25 bits per heavy atom. The first kappa shape index (κ1) is 10.5. The van der Waals surface area contributed by atoms with Crippen LogP contribution in [0.1, 0.15) is 18.4 Å². The highest BCUT2D eigenvalue weighted by atomic mass is 32.2. The molecule has 2 heterocycles. The third kappa shape index (κ3) is 2.06. The van der Waals surface area contributed by atoms with Gasteiger partial charge in [-0.3, -0.25) is 0 Å². The van der Waals surface area contributed by atoms with E-state index in [4.69, 9.17) is 4.74 Å². The highest BCUT2D eigenvalue weighted by molar-refractivity contribution is 7.99. The Balaban J connectivity index is 1.76. The molecule has 0 spiro atoms. The maximum atomic E-state index is 6.14. The van der Waals surface area contributed by atoms with Gasteiger partial charge in [0.2, 0.25) is 0 Å². The summed E-state index contributed by atoms with van der Waals surface area (Å²) in [7, 11) is 0. The van der Waals surface area contributed by atoms with E-state index in [1.165, 1.54) is 22.6 Å². The number of thioether (sulfide) groups is 1. The molecule has 1 saturated heterocycles. The van der Waals surface area contributed by atoms with Gasteiger partial charge in [0.15, 0.2) is 0 Å². The van der Waals surface area contributed by atoms with Crippen LogP contribution < -0.4 is 10.1 Å². The predicted molar refractivity (Wildman–Crippen MR) is 67.4 cm³/mol. The van der Waals surface area contributed by atoms with Crippen LogP contribution in [0.25, 0.3) is 0 Å². The molecule has 3 rings (SSSR count). The molecule has 0 aliphatic carbocycles. The van der Waals surface area contributed by atoms with E-state index in [1.54, 1.807) is 0 Å². The molecule has 3 heteroatoms. The Bertz CT molecular complexity index is 374. The van der Waals surface area contributed by atoms with Crippen LogP contribution in [0.5, 0.6) is 5.75 Å². The molecule has 0 amide bonds. The Kier molecular flexibility index (Phi) is 3.06. The van der Waals surface area contributed by atoms with Crippen LogP contribution in [0.15, 0.2) is 23.1 Å². The van der Waals surface area contributed by atoms with Gasteiger partial charge < -0.3 is 10.1 Å². The van der Waals surface area contributed by atoms with Crippen molar-refractivity contribution < 1.29 is 4.74 Å². The monoisotopic (exact) mass is 235 g/mol. The second kappa shape index (κ2) is 4.68. The largest absolute Gasteiger partial charge is 0.489 e. The number of aryl methyl sites for hydroxylation is 1. The maximum Gasteiger partial charge on any atom is 0.133 e. The van der Waals surface area contributed by atoms with E-state index in [-0.39, 0.29) is 0 Å². The highest BCUT2D eigenvalue weighted by Gasteiger charge is 2.20. The number of fused-ring (bicyclic) bond motifs is 1. The van der Waals surface area contributed by atoms with Gasteiger partial charge >= 0.3 is 0 Å². The zero-order valence-electron chi connectivity index (χ0n) is 9.37. The average Bonchev–Trinajstić information content (AvgIpc) is 2.80. The molecule has 1 fully saturated rings. The van der Waals surface area contributed by atoms with Gasteiger partial charge in [-0.1, -0.05) is 12.1 Å². The Labute approximate surface area is 101 Å². The SMILES string of the molecule is c1cc2c(c(OC3CCNCC3)c1)SCC2. The first-order valence-corrected chi connectivity index (χ1v) is 7.04. The van der Waals surface area contributed by atoms with Crippen molar-refractivity contribution in [3.8, 4) is 5.75 Å². The number of piperidine rings is 1. The van der Waals surface area contributed by atoms with Crippen LogP contribution >= 0.6 is 11.8 Å². The number of benzene rings is 1. The Hall–Kier alpha value is -0.670. The minimum absolute atomic E-state index is 0.411. The predicted octanol–water partition coefficient (Wildman–Crippen LogP) is 2.47. The summed E-state index contributed by atoms with van der Waals surface area (Å²) in [6.45, 7) is 2.18. The standard InChI is InChI=1S/C13H17NOS/c1-2-10-6-9-16-13(10)12(3-1)15-11-4-7-14-8-5-11/h1-3,11,14H,4-9H2. The molecular formula is C13H17NOS. The number of hydrogen-bond donors (Lipinski definition) is 1. The molecule has 86 valence electrons. The van der Waals surface area contributed by atoms with Crippen molar-refractivity contribution in [2.45, 2.75) is 30.3 Å². The van der Waals surface area contributed by atoms with Crippen molar-refractivity contribution in [3.63, 3.8) is 0 Å². The third-order valence-electron chi connectivity index (χ3n) is 3.26. The zero-order chi connectivity index (χ0) is 10.8. The summed E-state index contributed by atoms with van der Waals surface area (Å²) in [5.41, 5.74) is 1.47. The van der Waals surface area contributed by atoms with Crippen LogP contribution in [-0.4, -0.2) is 24.9 Å². The van der Waals surface area contributed by atoms with Crippen LogP contribution in [0.4, 0.5) is 0 Å². The lowest BCUT2D eigenvalue weighted by atomic mass is 10.1. The van der Waals surface area contributed by atoms with Gasteiger partial charge in [0.25, 0.3) is 0 Å². The third-order valence-corrected chi connectivity index (χ3v) is 4.42. The number of ether oxygens (including phenoxy) is 1. The summed E-state index contributed by atoms with van der Waals surface area (Å²) in [5.74, 6) is 2.33. The van der Waals surface area contributed by atoms with Gasteiger partial charge in [-0.15, -0.1) is 11.8 Å². The number of hydrogen-bond acceptors (Lipinski definition) is 3. The summed E-state index contributed by atoms with van der Waals surface area (Å²) in [6, 6.07) is 6.48. The van der Waals surface area contributed by atoms with Crippen molar-refractivity contribution >= 4 is 11.8 Å². The van der Waals surface area contributed by atoms with Crippen LogP contribution in [-0.2, 0) is 6.42 Å². The van der Waals surface area contributed by atoms with Gasteiger partial charge in [-0.25, -0.2) is 0 Å². The normalized spacial score (nSPS) is 20.8. The fourth-order valence-electron chi connectivity index (χ4n) is 2.37. The lowest BCUT2D eigenvalue weighted by Gasteiger charge is -2.24. The van der Waals surface area contributed by atoms with Crippen molar-refractivity contribution in [1.82, 2.24) is 5.32 Å². The fraction of sp³-hybridized carbons (Fsp3) is 0.538. The fourth-order valence-corrected chi connectivity index (χ4v) is 3.51. The van der Waals surface area contributed by atoms with E-state index in [1.807, 2.05) is 11.8 Å². The van der Waals surface area contributed by atoms with Crippen molar-refractivity contribution in [1.29, 1.82) is 0 Å². The van der Waals surface area contributed by atoms with Crippen LogP contribution in [0, 0.1) is 0 Å². The summed E-state index contributed by atoms with van der Waals surface area (Å²) in [4.78, 5) is 1.39. The molecule has 2 nitrogen and oxygen atoms in total. The van der Waals surface area contributed by atoms with E-state index in [0.717, 1.165) is 31.7 Å². The lowest BCUT2D eigenvalue weighted by Crippen LogP contribution is -2.34. The molecule has 0 saturated carbocycles. The van der Waals surface area contributed by atoms with Gasteiger partial charge in [-0.05, 0) is 44.0 Å². The number of nitrogens with one attached hydrogen (secondary N) is 1. The second-order valence-corrected chi connectivity index (χ2v) is 5.52. The van der Waals surface area contributed by atoms with E-state index < -0.39 is 0 Å². The Morgan fingerprint density at radius 3 is 3.00 bits per heavy atom. The van der Waals surface area contributed by atoms with Gasteiger partial charge in [0.05, 0.1) is 4.90 Å². The summed E-state index contributed by atoms with van der Waals surface area (Å²) >= 11 is 1.94. The quantitative estimate of drug-likeness (QED) is 0.851. The van der Waals surface area contributed by atoms with Gasteiger partial charge in [0.1, 0.15) is 11.9 Å². The zero-order valence-corrected chi connectivity index (χ0v) is 10.2. The van der Waals surface area contributed by atoms with Crippen LogP contribution in [0.3, 0.4) is 0 Å². The molecule has 2 aliphatic rings. The molecule has 2 aliphatic heterocycles. The van der Waals surface area contributed by atoms with Gasteiger partial charge in [0, 0.05) is 5.75 Å². The summed E-state index contributed by atoms with van der Waals surface area (Å²) in [5, 5.41) is 3.37. The van der Waals surface area contributed by atoms with E-state index >= 15 is 0 Å². The van der Waals surface area contributed by atoms with E-state index in [2.05, 4.69) is 23.5 Å². The molecule has 1 aromatic rings. The molecule has 16 heavy (non-hydrogen) atoms. The minimum atomic E-state index is 0.411. The topological polar surface area (TPSA) is 21.3 Å². The smallest absolute Gasteiger partial charge is 0.133 e.